The maximum atomic E-state index is 9.40. The molecule has 0 aliphatic heterocycles. The molecule has 4 rings (SSSR count). The van der Waals surface area contributed by atoms with E-state index >= 15 is 0 Å². The maximum Gasteiger partial charge on any atom is 0.187 e. The van der Waals surface area contributed by atoms with E-state index in [1.54, 1.807) is 23.7 Å². The average molecular weight is 404 g/mol. The predicted octanol–water partition coefficient (Wildman–Crippen LogP) is 5.59. The minimum Gasteiger partial charge on any atom is -0.354 e. The molecule has 0 spiro atoms. The third kappa shape index (κ3) is 3.55. The summed E-state index contributed by atoms with van der Waals surface area (Å²) in [5, 5.41) is 15.7. The highest BCUT2D eigenvalue weighted by Gasteiger charge is 2.22. The van der Waals surface area contributed by atoms with Crippen LogP contribution in [-0.4, -0.2) is 20.1 Å². The lowest BCUT2D eigenvalue weighted by Gasteiger charge is -2.15. The number of aryl methyl sites for hydroxylation is 2. The van der Waals surface area contributed by atoms with Gasteiger partial charge in [-0.25, -0.2) is 4.98 Å². The maximum absolute atomic E-state index is 9.40. The van der Waals surface area contributed by atoms with E-state index in [1.807, 2.05) is 44.4 Å². The molecule has 6 nitrogen and oxygen atoms in total. The van der Waals surface area contributed by atoms with Crippen molar-refractivity contribution in [3.8, 4) is 39.4 Å². The first-order chi connectivity index (χ1) is 13.9. The highest BCUT2D eigenvalue weighted by Crippen LogP contribution is 2.32. The van der Waals surface area contributed by atoms with E-state index in [1.165, 1.54) is 0 Å². The first kappa shape index (κ1) is 19.0. The zero-order valence-electron chi connectivity index (χ0n) is 16.6. The second-order valence-electron chi connectivity index (χ2n) is 7.36. The van der Waals surface area contributed by atoms with Crippen LogP contribution in [0.25, 0.3) is 33.3 Å². The van der Waals surface area contributed by atoms with Crippen molar-refractivity contribution in [3.05, 3.63) is 59.0 Å². The van der Waals surface area contributed by atoms with Gasteiger partial charge in [-0.3, -0.25) is 9.97 Å². The van der Waals surface area contributed by atoms with Crippen molar-refractivity contribution in [1.82, 2.24) is 20.1 Å². The van der Waals surface area contributed by atoms with Crippen molar-refractivity contribution < 1.29 is 5.95 Å². The van der Waals surface area contributed by atoms with Crippen LogP contribution in [0, 0.1) is 25.2 Å². The zero-order chi connectivity index (χ0) is 20.6. The van der Waals surface area contributed by atoms with E-state index in [0.29, 0.717) is 22.8 Å². The standard InChI is InChI=1S/C22H19N5OS.H2/c1-13-6-8-29-21(13)16-10-18(28-27-16)20-14(2)25-11-17(26-20)15-5-7-24-19(9-15)22(3,4)12-23;/h5-11H,1-4H3;1H. The van der Waals surface area contributed by atoms with Gasteiger partial charge in [0.25, 0.3) is 0 Å². The Hall–Kier alpha value is -3.37. The van der Waals surface area contributed by atoms with Gasteiger partial charge >= 0.3 is 0 Å². The van der Waals surface area contributed by atoms with Crippen molar-refractivity contribution in [2.45, 2.75) is 33.1 Å². The molecule has 4 heterocycles. The molecular weight excluding hydrogens is 382 g/mol. The molecule has 29 heavy (non-hydrogen) atoms. The molecule has 7 heteroatoms. The summed E-state index contributed by atoms with van der Waals surface area (Å²) in [6.45, 7) is 7.62. The Kier molecular flexibility index (Phi) is 4.73. The van der Waals surface area contributed by atoms with Crippen molar-refractivity contribution in [2.75, 3.05) is 0 Å². The molecule has 0 atom stereocenters. The second-order valence-corrected chi connectivity index (χ2v) is 8.28. The molecular formula is C22H21N5OS. The molecule has 0 amide bonds. The quantitative estimate of drug-likeness (QED) is 0.441. The number of thiophene rings is 1. The third-order valence-corrected chi connectivity index (χ3v) is 5.81. The highest BCUT2D eigenvalue weighted by atomic mass is 32.1. The third-order valence-electron chi connectivity index (χ3n) is 4.77. The number of pyridine rings is 1. The van der Waals surface area contributed by atoms with Crippen LogP contribution >= 0.6 is 11.3 Å². The van der Waals surface area contributed by atoms with Crippen molar-refractivity contribution in [2.24, 2.45) is 0 Å². The van der Waals surface area contributed by atoms with Crippen molar-refractivity contribution in [1.29, 1.82) is 5.26 Å². The number of aromatic nitrogens is 4. The first-order valence-electron chi connectivity index (χ1n) is 9.12. The van der Waals surface area contributed by atoms with Gasteiger partial charge in [0.1, 0.15) is 11.4 Å². The Morgan fingerprint density at radius 2 is 1.97 bits per heavy atom. The normalized spacial score (nSPS) is 11.4. The minimum absolute atomic E-state index is 0. The molecule has 0 aliphatic rings. The fourth-order valence-corrected chi connectivity index (χ4v) is 3.82. The molecule has 0 aromatic carbocycles. The van der Waals surface area contributed by atoms with Gasteiger partial charge < -0.3 is 4.52 Å². The Labute approximate surface area is 174 Å². The van der Waals surface area contributed by atoms with Crippen molar-refractivity contribution >= 4 is 11.3 Å². The number of nitrogens with zero attached hydrogens (tertiary/aromatic N) is 5. The summed E-state index contributed by atoms with van der Waals surface area (Å²) in [4.78, 5) is 14.7. The largest absolute Gasteiger partial charge is 0.354 e. The summed E-state index contributed by atoms with van der Waals surface area (Å²) in [6, 6.07) is 9.99. The molecule has 0 N–H and O–H groups in total. The van der Waals surface area contributed by atoms with Gasteiger partial charge in [-0.1, -0.05) is 5.16 Å². The van der Waals surface area contributed by atoms with Gasteiger partial charge in [0.2, 0.25) is 0 Å². The summed E-state index contributed by atoms with van der Waals surface area (Å²) in [5.74, 6) is 0.575. The molecule has 0 saturated heterocycles. The Morgan fingerprint density at radius 1 is 1.14 bits per heavy atom. The summed E-state index contributed by atoms with van der Waals surface area (Å²) in [6.07, 6.45) is 3.41. The molecule has 0 fully saturated rings. The second kappa shape index (κ2) is 7.22. The van der Waals surface area contributed by atoms with Crippen molar-refractivity contribution in [3.63, 3.8) is 0 Å². The average Bonchev–Trinajstić information content (AvgIpc) is 3.37. The predicted molar refractivity (Wildman–Crippen MR) is 114 cm³/mol. The van der Waals surface area contributed by atoms with Crippen LogP contribution in [-0.2, 0) is 5.41 Å². The monoisotopic (exact) mass is 403 g/mol. The molecule has 0 unspecified atom stereocenters. The van der Waals surface area contributed by atoms with Crippen LogP contribution in [0.3, 0.4) is 0 Å². The van der Waals surface area contributed by atoms with Gasteiger partial charge in [0, 0.05) is 19.3 Å². The number of hydrogen-bond donors (Lipinski definition) is 0. The molecule has 4 aromatic heterocycles. The van der Waals surface area contributed by atoms with E-state index in [2.05, 4.69) is 34.2 Å². The van der Waals surface area contributed by atoms with Crippen LogP contribution in [0.2, 0.25) is 0 Å². The van der Waals surface area contributed by atoms with E-state index in [-0.39, 0.29) is 1.43 Å². The van der Waals surface area contributed by atoms with E-state index in [0.717, 1.165) is 27.4 Å². The smallest absolute Gasteiger partial charge is 0.187 e. The summed E-state index contributed by atoms with van der Waals surface area (Å²) in [5.41, 5.74) is 4.90. The molecule has 4 aromatic rings. The van der Waals surface area contributed by atoms with Crippen LogP contribution in [0.5, 0.6) is 0 Å². The number of rotatable bonds is 4. The van der Waals surface area contributed by atoms with Crippen LogP contribution in [0.1, 0.15) is 32.2 Å². The zero-order valence-corrected chi connectivity index (χ0v) is 17.4. The minimum atomic E-state index is -0.685. The van der Waals surface area contributed by atoms with Crippen LogP contribution in [0.4, 0.5) is 0 Å². The van der Waals surface area contributed by atoms with E-state index < -0.39 is 5.41 Å². The van der Waals surface area contributed by atoms with Gasteiger partial charge in [-0.2, -0.15) is 5.26 Å². The number of hydrogen-bond acceptors (Lipinski definition) is 7. The fourth-order valence-electron chi connectivity index (χ4n) is 2.94. The van der Waals surface area contributed by atoms with Gasteiger partial charge in [-0.15, -0.1) is 11.3 Å². The lowest BCUT2D eigenvalue weighted by Crippen LogP contribution is -2.15. The van der Waals surface area contributed by atoms with Gasteiger partial charge in [0.15, 0.2) is 5.76 Å². The highest BCUT2D eigenvalue weighted by molar-refractivity contribution is 7.13. The Bertz CT molecular complexity index is 1240. The Balaban J connectivity index is 0.00000256. The topological polar surface area (TPSA) is 88.5 Å². The lowest BCUT2D eigenvalue weighted by molar-refractivity contribution is 0.433. The number of nitriles is 1. The molecule has 0 saturated carbocycles. The van der Waals surface area contributed by atoms with E-state index in [4.69, 9.17) is 9.51 Å². The summed E-state index contributed by atoms with van der Waals surface area (Å²) in [7, 11) is 0. The van der Waals surface area contributed by atoms with Gasteiger partial charge in [0.05, 0.1) is 39.6 Å². The van der Waals surface area contributed by atoms with Gasteiger partial charge in [-0.05, 0) is 56.8 Å². The molecule has 146 valence electrons. The summed E-state index contributed by atoms with van der Waals surface area (Å²) >= 11 is 1.63. The molecule has 0 radical (unpaired) electrons. The van der Waals surface area contributed by atoms with Crippen LogP contribution in [0.15, 0.2) is 46.6 Å². The fraction of sp³-hybridized carbons (Fsp3) is 0.227. The van der Waals surface area contributed by atoms with E-state index in [9.17, 15) is 5.26 Å². The molecule has 0 aliphatic carbocycles. The molecule has 0 bridgehead atoms. The van der Waals surface area contributed by atoms with Crippen LogP contribution < -0.4 is 0 Å². The first-order valence-corrected chi connectivity index (χ1v) is 10.0. The Morgan fingerprint density at radius 3 is 2.69 bits per heavy atom. The SMILES string of the molecule is Cc1ccsc1-c1cc(-c2nc(-c3ccnc(C(C)(C)C#N)c3)cnc2C)on1.[HH]. The lowest BCUT2D eigenvalue weighted by atomic mass is 9.90. The summed E-state index contributed by atoms with van der Waals surface area (Å²) < 4.78 is 5.60.